The van der Waals surface area contributed by atoms with Gasteiger partial charge in [0.05, 0.1) is 4.92 Å². The van der Waals surface area contributed by atoms with Gasteiger partial charge in [-0.2, -0.15) is 0 Å². The van der Waals surface area contributed by atoms with E-state index in [2.05, 4.69) is 4.72 Å². The van der Waals surface area contributed by atoms with E-state index in [1.54, 1.807) is 24.3 Å². The fourth-order valence-electron chi connectivity index (χ4n) is 1.70. The summed E-state index contributed by atoms with van der Waals surface area (Å²) in [5.74, 6) is 0. The fraction of sp³-hybridized carbons (Fsp3) is 0.0769. The molecule has 1 N–H and O–H groups in total. The van der Waals surface area contributed by atoms with E-state index in [4.69, 9.17) is 0 Å². The molecule has 110 valence electrons. The molecule has 6 nitrogen and oxygen atoms in total. The summed E-state index contributed by atoms with van der Waals surface area (Å²) in [4.78, 5) is 10.8. The van der Waals surface area contributed by atoms with Crippen LogP contribution >= 0.6 is 11.8 Å². The Labute approximate surface area is 126 Å². The average molecular weight is 324 g/mol. The smallest absolute Gasteiger partial charge is 0.279 e. The lowest BCUT2D eigenvalue weighted by Crippen LogP contribution is -2.14. The monoisotopic (exact) mass is 324 g/mol. The van der Waals surface area contributed by atoms with Crippen LogP contribution in [-0.4, -0.2) is 19.6 Å². The molecular weight excluding hydrogens is 312 g/mol. The van der Waals surface area contributed by atoms with Crippen LogP contribution < -0.4 is 4.72 Å². The van der Waals surface area contributed by atoms with E-state index in [1.807, 2.05) is 6.26 Å². The van der Waals surface area contributed by atoms with E-state index in [9.17, 15) is 18.5 Å². The molecule has 2 aromatic carbocycles. The molecule has 0 aliphatic carbocycles. The van der Waals surface area contributed by atoms with E-state index in [0.717, 1.165) is 11.0 Å². The molecule has 2 rings (SSSR count). The Morgan fingerprint density at radius 1 is 1.10 bits per heavy atom. The first-order valence-corrected chi connectivity index (χ1v) is 8.55. The van der Waals surface area contributed by atoms with E-state index in [-0.39, 0.29) is 4.90 Å². The van der Waals surface area contributed by atoms with Gasteiger partial charge in [-0.05, 0) is 36.6 Å². The topological polar surface area (TPSA) is 89.3 Å². The summed E-state index contributed by atoms with van der Waals surface area (Å²) in [5, 5.41) is 10.9. The number of sulfonamides is 1. The minimum absolute atomic E-state index is 0.353. The third kappa shape index (κ3) is 3.53. The summed E-state index contributed by atoms with van der Waals surface area (Å²) in [6, 6.07) is 12.0. The number of hydrogen-bond donors (Lipinski definition) is 1. The van der Waals surface area contributed by atoms with Crippen molar-refractivity contribution in [3.63, 3.8) is 0 Å². The summed E-state index contributed by atoms with van der Waals surface area (Å²) in [7, 11) is -4.01. The number of thioether (sulfide) groups is 1. The zero-order chi connectivity index (χ0) is 15.5. The third-order valence-electron chi connectivity index (χ3n) is 2.69. The van der Waals surface area contributed by atoms with Crippen molar-refractivity contribution in [1.82, 2.24) is 0 Å². The first-order valence-electron chi connectivity index (χ1n) is 5.84. The minimum atomic E-state index is -4.01. The molecule has 0 aliphatic rings. The predicted molar refractivity (Wildman–Crippen MR) is 82.1 cm³/mol. The van der Waals surface area contributed by atoms with Gasteiger partial charge in [-0.3, -0.25) is 14.8 Å². The SMILES string of the molecule is CSc1ccc(NS(=O)(=O)c2ccccc2[N+](=O)[O-])cc1. The summed E-state index contributed by atoms with van der Waals surface area (Å²) in [5.41, 5.74) is -0.100. The lowest BCUT2D eigenvalue weighted by Gasteiger charge is -2.08. The number of nitro groups is 1. The first kappa shape index (κ1) is 15.3. The molecular formula is C13H12N2O4S2. The molecule has 0 aromatic heterocycles. The largest absolute Gasteiger partial charge is 0.289 e. The number of nitro benzene ring substituents is 1. The van der Waals surface area contributed by atoms with Crippen molar-refractivity contribution in [3.8, 4) is 0 Å². The van der Waals surface area contributed by atoms with E-state index < -0.39 is 20.6 Å². The quantitative estimate of drug-likeness (QED) is 0.518. The summed E-state index contributed by atoms with van der Waals surface area (Å²) in [6.45, 7) is 0. The van der Waals surface area contributed by atoms with Gasteiger partial charge >= 0.3 is 0 Å². The Morgan fingerprint density at radius 3 is 2.29 bits per heavy atom. The van der Waals surface area contributed by atoms with Gasteiger partial charge < -0.3 is 0 Å². The number of nitrogens with zero attached hydrogens (tertiary/aromatic N) is 1. The van der Waals surface area contributed by atoms with Gasteiger partial charge in [0, 0.05) is 16.6 Å². The van der Waals surface area contributed by atoms with Gasteiger partial charge in [0.1, 0.15) is 0 Å². The van der Waals surface area contributed by atoms with Crippen LogP contribution in [0.5, 0.6) is 0 Å². The van der Waals surface area contributed by atoms with Crippen LogP contribution in [0.1, 0.15) is 0 Å². The highest BCUT2D eigenvalue weighted by Crippen LogP contribution is 2.26. The van der Waals surface area contributed by atoms with Crippen LogP contribution in [0.3, 0.4) is 0 Å². The van der Waals surface area contributed by atoms with Gasteiger partial charge in [-0.25, -0.2) is 8.42 Å². The van der Waals surface area contributed by atoms with Crippen LogP contribution in [0.15, 0.2) is 58.3 Å². The van der Waals surface area contributed by atoms with E-state index >= 15 is 0 Å². The molecule has 0 fully saturated rings. The molecule has 0 radical (unpaired) electrons. The van der Waals surface area contributed by atoms with Gasteiger partial charge in [0.15, 0.2) is 4.90 Å². The molecule has 0 bridgehead atoms. The first-order chi connectivity index (χ1) is 9.94. The summed E-state index contributed by atoms with van der Waals surface area (Å²) < 4.78 is 26.9. The maximum absolute atomic E-state index is 12.3. The minimum Gasteiger partial charge on any atom is -0.279 e. The molecule has 8 heteroatoms. The van der Waals surface area contributed by atoms with E-state index in [1.165, 1.54) is 30.0 Å². The molecule has 2 aromatic rings. The van der Waals surface area contributed by atoms with Gasteiger partial charge in [-0.1, -0.05) is 12.1 Å². The number of hydrogen-bond acceptors (Lipinski definition) is 5. The molecule has 0 amide bonds. The number of rotatable bonds is 5. The molecule has 0 saturated carbocycles. The molecule has 0 saturated heterocycles. The number of para-hydroxylation sites is 1. The van der Waals surface area contributed by atoms with Crippen molar-refractivity contribution in [1.29, 1.82) is 0 Å². The second kappa shape index (κ2) is 6.15. The van der Waals surface area contributed by atoms with Gasteiger partial charge in [0.2, 0.25) is 0 Å². The highest BCUT2D eigenvalue weighted by molar-refractivity contribution is 7.98. The van der Waals surface area contributed by atoms with Crippen molar-refractivity contribution in [2.45, 2.75) is 9.79 Å². The maximum atomic E-state index is 12.3. The molecule has 0 unspecified atom stereocenters. The van der Waals surface area contributed by atoms with Crippen LogP contribution in [0.4, 0.5) is 11.4 Å². The van der Waals surface area contributed by atoms with Crippen LogP contribution in [0.25, 0.3) is 0 Å². The van der Waals surface area contributed by atoms with Crippen molar-refractivity contribution in [3.05, 3.63) is 58.6 Å². The molecule has 0 atom stereocenters. The third-order valence-corrected chi connectivity index (χ3v) is 4.87. The Hall–Kier alpha value is -2.06. The van der Waals surface area contributed by atoms with Crippen LogP contribution in [0, 0.1) is 10.1 Å². The molecule has 21 heavy (non-hydrogen) atoms. The molecule has 0 heterocycles. The zero-order valence-corrected chi connectivity index (χ0v) is 12.6. The van der Waals surface area contributed by atoms with Gasteiger partial charge in [0.25, 0.3) is 15.7 Å². The fourth-order valence-corrected chi connectivity index (χ4v) is 3.34. The Bertz CT molecular complexity index is 758. The van der Waals surface area contributed by atoms with Crippen LogP contribution in [0.2, 0.25) is 0 Å². The van der Waals surface area contributed by atoms with E-state index in [0.29, 0.717) is 5.69 Å². The summed E-state index contributed by atoms with van der Waals surface area (Å²) in [6.07, 6.45) is 1.91. The second-order valence-electron chi connectivity index (χ2n) is 4.06. The normalized spacial score (nSPS) is 11.1. The van der Waals surface area contributed by atoms with Crippen molar-refractivity contribution >= 4 is 33.2 Å². The lowest BCUT2D eigenvalue weighted by molar-refractivity contribution is -0.387. The predicted octanol–water partition coefficient (Wildman–Crippen LogP) is 3.12. The highest BCUT2D eigenvalue weighted by Gasteiger charge is 2.24. The zero-order valence-electron chi connectivity index (χ0n) is 11.0. The number of benzene rings is 2. The highest BCUT2D eigenvalue weighted by atomic mass is 32.2. The molecule has 0 aliphatic heterocycles. The number of anilines is 1. The van der Waals surface area contributed by atoms with Gasteiger partial charge in [-0.15, -0.1) is 11.8 Å². The van der Waals surface area contributed by atoms with Crippen LogP contribution in [-0.2, 0) is 10.0 Å². The second-order valence-corrected chi connectivity index (χ2v) is 6.59. The lowest BCUT2D eigenvalue weighted by atomic mass is 10.3. The number of nitrogens with one attached hydrogen (secondary N) is 1. The summed E-state index contributed by atoms with van der Waals surface area (Å²) >= 11 is 1.53. The molecule has 0 spiro atoms. The maximum Gasteiger partial charge on any atom is 0.289 e. The van der Waals surface area contributed by atoms with Crippen molar-refractivity contribution in [2.75, 3.05) is 11.0 Å². The Morgan fingerprint density at radius 2 is 1.71 bits per heavy atom. The average Bonchev–Trinajstić information content (AvgIpc) is 2.47. The van der Waals surface area contributed by atoms with Crippen molar-refractivity contribution < 1.29 is 13.3 Å². The Kier molecular flexibility index (Phi) is 4.49. The van der Waals surface area contributed by atoms with Crippen molar-refractivity contribution in [2.24, 2.45) is 0 Å². The standard InChI is InChI=1S/C13H12N2O4S2/c1-20-11-8-6-10(7-9-11)14-21(18,19)13-5-3-2-4-12(13)15(16)17/h2-9,14H,1H3. The Balaban J connectivity index is 2.36.